The molecule has 0 aliphatic carbocycles. The second kappa shape index (κ2) is 6.46. The molecule has 0 aliphatic rings. The summed E-state index contributed by atoms with van der Waals surface area (Å²) >= 11 is 5.73. The predicted octanol–water partition coefficient (Wildman–Crippen LogP) is 2.72. The van der Waals surface area contributed by atoms with E-state index in [4.69, 9.17) is 16.9 Å². The molecule has 1 unspecified atom stereocenters. The number of hydrogen-bond acceptors (Lipinski definition) is 5. The maximum Gasteiger partial charge on any atom is 0.274 e. The van der Waals surface area contributed by atoms with Crippen LogP contribution in [0.15, 0.2) is 18.2 Å². The Morgan fingerprint density at radius 1 is 1.57 bits per heavy atom. The number of hydrogen-bond donors (Lipinski definition) is 0. The number of rotatable bonds is 6. The monoisotopic (exact) mass is 308 g/mol. The fourth-order valence-corrected chi connectivity index (χ4v) is 2.16. The van der Waals surface area contributed by atoms with E-state index in [-0.39, 0.29) is 23.4 Å². The van der Waals surface area contributed by atoms with Crippen molar-refractivity contribution in [1.29, 1.82) is 5.26 Å². The lowest BCUT2D eigenvalue weighted by molar-refractivity contribution is -0.385. The topological polar surface area (TPSA) is 101 Å². The first-order chi connectivity index (χ1) is 9.72. The van der Waals surface area contributed by atoms with Crippen molar-refractivity contribution in [1.82, 2.24) is 0 Å². The predicted molar refractivity (Wildman–Crippen MR) is 75.8 cm³/mol. The van der Waals surface area contributed by atoms with E-state index in [0.717, 1.165) is 0 Å². The summed E-state index contributed by atoms with van der Waals surface area (Å²) in [5.41, 5.74) is -0.951. The van der Waals surface area contributed by atoms with E-state index in [2.05, 4.69) is 0 Å². The van der Waals surface area contributed by atoms with Crippen LogP contribution in [0.25, 0.3) is 0 Å². The van der Waals surface area contributed by atoms with E-state index in [1.54, 1.807) is 19.9 Å². The van der Waals surface area contributed by atoms with Gasteiger partial charge in [-0.1, -0.05) is 31.5 Å². The molecule has 1 rings (SSSR count). The molecule has 1 atom stereocenters. The molecule has 0 amide bonds. The van der Waals surface area contributed by atoms with E-state index < -0.39 is 22.0 Å². The smallest absolute Gasteiger partial charge is 0.274 e. The lowest BCUT2D eigenvalue weighted by Gasteiger charge is -2.23. The number of ketones is 1. The largest absolute Gasteiger partial charge is 0.301 e. The summed E-state index contributed by atoms with van der Waals surface area (Å²) in [5, 5.41) is 20.0. The lowest BCUT2D eigenvalue weighted by atomic mass is 9.77. The highest BCUT2D eigenvalue weighted by molar-refractivity contribution is 6.30. The molecule has 21 heavy (non-hydrogen) atoms. The third-order valence-corrected chi connectivity index (χ3v) is 3.34. The zero-order valence-electron chi connectivity index (χ0n) is 11.5. The molecule has 0 spiro atoms. The molecule has 1 aromatic carbocycles. The van der Waals surface area contributed by atoms with Crippen molar-refractivity contribution < 1.29 is 14.5 Å². The van der Waals surface area contributed by atoms with Crippen LogP contribution in [-0.2, 0) is 16.0 Å². The molecule has 0 saturated heterocycles. The number of aldehydes is 1. The summed E-state index contributed by atoms with van der Waals surface area (Å²) in [6.07, 6.45) is 0.311. The zero-order chi connectivity index (χ0) is 16.2. The normalized spacial score (nSPS) is 12.3. The van der Waals surface area contributed by atoms with Gasteiger partial charge >= 0.3 is 0 Å². The highest BCUT2D eigenvalue weighted by atomic mass is 35.5. The highest BCUT2D eigenvalue weighted by Crippen LogP contribution is 2.32. The Hall–Kier alpha value is -2.26. The van der Waals surface area contributed by atoms with Crippen molar-refractivity contribution >= 4 is 29.4 Å². The maximum atomic E-state index is 12.1. The Morgan fingerprint density at radius 2 is 2.19 bits per heavy atom. The third kappa shape index (κ3) is 3.86. The average molecular weight is 309 g/mol. The van der Waals surface area contributed by atoms with Gasteiger partial charge in [-0.3, -0.25) is 14.9 Å². The van der Waals surface area contributed by atoms with E-state index in [9.17, 15) is 19.7 Å². The summed E-state index contributed by atoms with van der Waals surface area (Å²) in [6.45, 7) is 3.09. The highest BCUT2D eigenvalue weighted by Gasteiger charge is 2.35. The van der Waals surface area contributed by atoms with Crippen LogP contribution in [0.3, 0.4) is 0 Å². The molecule has 0 aliphatic heterocycles. The summed E-state index contributed by atoms with van der Waals surface area (Å²) in [4.78, 5) is 33.3. The van der Waals surface area contributed by atoms with Gasteiger partial charge < -0.3 is 4.79 Å². The Kier molecular flexibility index (Phi) is 5.17. The zero-order valence-corrected chi connectivity index (χ0v) is 12.3. The van der Waals surface area contributed by atoms with E-state index in [1.165, 1.54) is 18.2 Å². The van der Waals surface area contributed by atoms with Gasteiger partial charge in [-0.05, 0) is 12.5 Å². The minimum atomic E-state index is -1.37. The number of nitriles is 1. The first kappa shape index (κ1) is 16.8. The van der Waals surface area contributed by atoms with Crippen LogP contribution in [0, 0.1) is 32.8 Å². The molecule has 0 radical (unpaired) electrons. The van der Waals surface area contributed by atoms with E-state index in [1.807, 2.05) is 0 Å². The van der Waals surface area contributed by atoms with Crippen LogP contribution in [0.1, 0.15) is 19.4 Å². The van der Waals surface area contributed by atoms with Crippen molar-refractivity contribution in [3.63, 3.8) is 0 Å². The fourth-order valence-electron chi connectivity index (χ4n) is 1.99. The summed E-state index contributed by atoms with van der Waals surface area (Å²) in [5.74, 6) is -1.93. The van der Waals surface area contributed by atoms with Gasteiger partial charge in [-0.15, -0.1) is 0 Å². The number of nitrogens with zero attached hydrogens (tertiary/aromatic N) is 2. The molecular weight excluding hydrogens is 296 g/mol. The number of benzene rings is 1. The number of Topliss-reactive ketones (excluding diaryl/α,β-unsaturated/α-hetero) is 1. The van der Waals surface area contributed by atoms with Gasteiger partial charge in [0.25, 0.3) is 5.69 Å². The fraction of sp³-hybridized carbons (Fsp3) is 0.357. The summed E-state index contributed by atoms with van der Waals surface area (Å²) < 4.78 is 0. The Balaban J connectivity index is 3.15. The first-order valence-corrected chi connectivity index (χ1v) is 6.42. The third-order valence-electron chi connectivity index (χ3n) is 3.10. The van der Waals surface area contributed by atoms with Gasteiger partial charge in [-0.2, -0.15) is 5.26 Å². The van der Waals surface area contributed by atoms with Gasteiger partial charge in [0, 0.05) is 22.1 Å². The lowest BCUT2D eigenvalue weighted by Crippen LogP contribution is -2.33. The van der Waals surface area contributed by atoms with Crippen molar-refractivity contribution in [3.8, 4) is 6.07 Å². The standard InChI is InChI=1S/C14H13ClN2O4/c1-14(2,13(19)10(7-16)8-18)6-9-3-4-11(15)5-12(9)17(20)21/h3-5,8,10H,6H2,1-2H3. The first-order valence-electron chi connectivity index (χ1n) is 6.05. The van der Waals surface area contributed by atoms with Crippen molar-refractivity contribution in [2.75, 3.05) is 0 Å². The summed E-state index contributed by atoms with van der Waals surface area (Å²) in [7, 11) is 0. The Labute approximate surface area is 126 Å². The van der Waals surface area contributed by atoms with Gasteiger partial charge in [0.15, 0.2) is 11.7 Å². The molecule has 0 fully saturated rings. The SMILES string of the molecule is CC(C)(Cc1ccc(Cl)cc1[N+](=O)[O-])C(=O)C(C#N)C=O. The molecule has 0 saturated carbocycles. The number of nitro benzene ring substituents is 1. The Morgan fingerprint density at radius 3 is 2.67 bits per heavy atom. The molecule has 0 heterocycles. The van der Waals surface area contributed by atoms with Gasteiger partial charge in [0.05, 0.1) is 11.0 Å². The van der Waals surface area contributed by atoms with Gasteiger partial charge in [0.1, 0.15) is 6.29 Å². The van der Waals surface area contributed by atoms with Crippen LogP contribution in [0.5, 0.6) is 0 Å². The maximum absolute atomic E-state index is 12.1. The van der Waals surface area contributed by atoms with Gasteiger partial charge in [0.2, 0.25) is 0 Å². The molecule has 6 nitrogen and oxygen atoms in total. The molecule has 1 aromatic rings. The van der Waals surface area contributed by atoms with Crippen LogP contribution in [0.2, 0.25) is 5.02 Å². The minimum Gasteiger partial charge on any atom is -0.301 e. The molecular formula is C14H13ClN2O4. The van der Waals surface area contributed by atoms with Crippen LogP contribution >= 0.6 is 11.6 Å². The second-order valence-corrected chi connectivity index (χ2v) is 5.63. The molecule has 0 N–H and O–H groups in total. The van der Waals surface area contributed by atoms with Crippen LogP contribution in [-0.4, -0.2) is 17.0 Å². The van der Waals surface area contributed by atoms with Crippen molar-refractivity contribution in [2.45, 2.75) is 20.3 Å². The molecule has 7 heteroatoms. The van der Waals surface area contributed by atoms with Crippen LogP contribution in [0.4, 0.5) is 5.69 Å². The van der Waals surface area contributed by atoms with Crippen molar-refractivity contribution in [2.24, 2.45) is 11.3 Å². The van der Waals surface area contributed by atoms with Crippen LogP contribution < -0.4 is 0 Å². The molecule has 0 bridgehead atoms. The van der Waals surface area contributed by atoms with E-state index >= 15 is 0 Å². The minimum absolute atomic E-state index is 0.0331. The Bertz CT molecular complexity index is 634. The molecule has 110 valence electrons. The molecule has 0 aromatic heterocycles. The summed E-state index contributed by atoms with van der Waals surface area (Å²) in [6, 6.07) is 5.79. The van der Waals surface area contributed by atoms with E-state index in [0.29, 0.717) is 5.56 Å². The van der Waals surface area contributed by atoms with Crippen molar-refractivity contribution in [3.05, 3.63) is 38.9 Å². The number of halogens is 1. The number of carbonyl (C=O) groups excluding carboxylic acids is 2. The second-order valence-electron chi connectivity index (χ2n) is 5.20. The van der Waals surface area contributed by atoms with Gasteiger partial charge in [-0.25, -0.2) is 0 Å². The quantitative estimate of drug-likeness (QED) is 0.348. The average Bonchev–Trinajstić information content (AvgIpc) is 2.41. The number of nitro groups is 1. The number of carbonyl (C=O) groups is 2.